The Kier molecular flexibility index (Phi) is 2.17. The van der Waals surface area contributed by atoms with Crippen LogP contribution in [0.5, 0.6) is 0 Å². The monoisotopic (exact) mass is 178 g/mol. The van der Waals surface area contributed by atoms with Gasteiger partial charge in [-0.05, 0) is 6.92 Å². The quantitative estimate of drug-likeness (QED) is 0.534. The second-order valence-electron chi connectivity index (χ2n) is 2.28. The lowest BCUT2D eigenvalue weighted by molar-refractivity contribution is 0.317. The van der Waals surface area contributed by atoms with Crippen LogP contribution in [0.3, 0.4) is 0 Å². The molecule has 2 N–H and O–H groups in total. The molecule has 1 rings (SSSR count). The van der Waals surface area contributed by atoms with Gasteiger partial charge in [-0.25, -0.2) is 4.31 Å². The molecule has 64 valence electrons. The van der Waals surface area contributed by atoms with Gasteiger partial charge in [-0.1, -0.05) is 6.08 Å². The maximum atomic E-state index is 10.6. The first-order valence-electron chi connectivity index (χ1n) is 3.18. The SMILES string of the molecule is CC1NCC=CN1S(=O)(=O)O. The van der Waals surface area contributed by atoms with E-state index in [0.717, 1.165) is 4.31 Å². The van der Waals surface area contributed by atoms with Gasteiger partial charge >= 0.3 is 10.3 Å². The Balaban J connectivity index is 2.86. The largest absolute Gasteiger partial charge is 0.360 e. The van der Waals surface area contributed by atoms with Crippen molar-refractivity contribution in [3.63, 3.8) is 0 Å². The van der Waals surface area contributed by atoms with Crippen molar-refractivity contribution in [2.24, 2.45) is 0 Å². The van der Waals surface area contributed by atoms with E-state index in [1.807, 2.05) is 0 Å². The van der Waals surface area contributed by atoms with Gasteiger partial charge < -0.3 is 0 Å². The van der Waals surface area contributed by atoms with E-state index in [2.05, 4.69) is 5.32 Å². The molecule has 0 aromatic rings. The molecule has 0 saturated carbocycles. The molecule has 1 atom stereocenters. The van der Waals surface area contributed by atoms with Crippen LogP contribution in [-0.2, 0) is 10.3 Å². The normalized spacial score (nSPS) is 25.6. The molecule has 6 heteroatoms. The zero-order chi connectivity index (χ0) is 8.48. The minimum Gasteiger partial charge on any atom is -0.293 e. The highest BCUT2D eigenvalue weighted by Crippen LogP contribution is 2.06. The van der Waals surface area contributed by atoms with E-state index in [1.54, 1.807) is 13.0 Å². The lowest BCUT2D eigenvalue weighted by Gasteiger charge is -2.27. The molecule has 1 aliphatic heterocycles. The highest BCUT2D eigenvalue weighted by Gasteiger charge is 2.22. The summed E-state index contributed by atoms with van der Waals surface area (Å²) in [6, 6.07) is 0. The summed E-state index contributed by atoms with van der Waals surface area (Å²) >= 11 is 0. The van der Waals surface area contributed by atoms with Gasteiger partial charge in [-0.3, -0.25) is 9.87 Å². The van der Waals surface area contributed by atoms with Crippen LogP contribution < -0.4 is 5.32 Å². The van der Waals surface area contributed by atoms with E-state index in [-0.39, 0.29) is 6.17 Å². The van der Waals surface area contributed by atoms with Crippen molar-refractivity contribution in [1.82, 2.24) is 9.62 Å². The predicted octanol–water partition coefficient (Wildman–Crippen LogP) is -0.446. The number of nitrogens with zero attached hydrogens (tertiary/aromatic N) is 1. The third-order valence-corrected chi connectivity index (χ3v) is 2.40. The van der Waals surface area contributed by atoms with E-state index in [0.29, 0.717) is 6.54 Å². The lowest BCUT2D eigenvalue weighted by Crippen LogP contribution is -2.46. The second-order valence-corrected chi connectivity index (χ2v) is 3.59. The van der Waals surface area contributed by atoms with Gasteiger partial charge in [0, 0.05) is 12.7 Å². The van der Waals surface area contributed by atoms with Crippen LogP contribution in [0.1, 0.15) is 6.92 Å². The maximum Gasteiger partial charge on any atom is 0.360 e. The van der Waals surface area contributed by atoms with E-state index in [9.17, 15) is 8.42 Å². The fourth-order valence-electron chi connectivity index (χ4n) is 0.891. The Labute approximate surface area is 65.6 Å². The summed E-state index contributed by atoms with van der Waals surface area (Å²) in [5.41, 5.74) is 0. The summed E-state index contributed by atoms with van der Waals surface area (Å²) in [7, 11) is -4.09. The first kappa shape index (κ1) is 8.51. The van der Waals surface area contributed by atoms with Crippen LogP contribution in [0.4, 0.5) is 0 Å². The summed E-state index contributed by atoms with van der Waals surface area (Å²) < 4.78 is 30.7. The van der Waals surface area contributed by atoms with E-state index < -0.39 is 10.3 Å². The van der Waals surface area contributed by atoms with Gasteiger partial charge in [-0.2, -0.15) is 8.42 Å². The fraction of sp³-hybridized carbons (Fsp3) is 0.600. The molecule has 0 fully saturated rings. The van der Waals surface area contributed by atoms with Gasteiger partial charge in [0.25, 0.3) is 0 Å². The molecule has 5 nitrogen and oxygen atoms in total. The first-order valence-corrected chi connectivity index (χ1v) is 4.57. The third kappa shape index (κ3) is 1.92. The van der Waals surface area contributed by atoms with E-state index >= 15 is 0 Å². The molecule has 0 saturated heterocycles. The van der Waals surface area contributed by atoms with Crippen LogP contribution >= 0.6 is 0 Å². The van der Waals surface area contributed by atoms with Crippen molar-refractivity contribution >= 4 is 10.3 Å². The van der Waals surface area contributed by atoms with Crippen LogP contribution in [0.2, 0.25) is 0 Å². The lowest BCUT2D eigenvalue weighted by atomic mass is 10.4. The fourth-order valence-corrected chi connectivity index (χ4v) is 1.61. The standard InChI is InChI=1S/C5H10N2O3S/c1-5-6-3-2-4-7(5)11(8,9)10/h2,4-6H,3H2,1H3,(H,8,9,10). The average Bonchev–Trinajstić information content (AvgIpc) is 1.86. The van der Waals surface area contributed by atoms with Crippen LogP contribution in [-0.4, -0.2) is 30.0 Å². The molecular weight excluding hydrogens is 168 g/mol. The Morgan fingerprint density at radius 3 is 2.73 bits per heavy atom. The Bertz CT molecular complexity index is 259. The summed E-state index contributed by atoms with van der Waals surface area (Å²) in [5, 5.41) is 2.84. The van der Waals surface area contributed by atoms with Crippen LogP contribution in [0.15, 0.2) is 12.3 Å². The van der Waals surface area contributed by atoms with Crippen molar-refractivity contribution in [2.45, 2.75) is 13.1 Å². The summed E-state index contributed by atoms with van der Waals surface area (Å²) in [6.07, 6.45) is 2.58. The van der Waals surface area contributed by atoms with Gasteiger partial charge in [-0.15, -0.1) is 0 Å². The first-order chi connectivity index (χ1) is 5.02. The van der Waals surface area contributed by atoms with E-state index in [1.165, 1.54) is 6.20 Å². The molecule has 1 heterocycles. The molecule has 0 aromatic carbocycles. The Morgan fingerprint density at radius 2 is 2.36 bits per heavy atom. The Morgan fingerprint density at radius 1 is 1.73 bits per heavy atom. The maximum absolute atomic E-state index is 10.6. The Hall–Kier alpha value is -0.590. The molecule has 0 aliphatic carbocycles. The third-order valence-electron chi connectivity index (χ3n) is 1.43. The summed E-state index contributed by atoms with van der Waals surface area (Å²) in [4.78, 5) is 0. The number of nitrogens with one attached hydrogen (secondary N) is 1. The molecule has 0 spiro atoms. The molecular formula is C5H10N2O3S. The summed E-state index contributed by atoms with van der Waals surface area (Å²) in [5.74, 6) is 0. The minimum absolute atomic E-state index is 0.380. The topological polar surface area (TPSA) is 69.6 Å². The molecule has 1 aliphatic rings. The molecule has 11 heavy (non-hydrogen) atoms. The molecule has 0 aromatic heterocycles. The zero-order valence-electron chi connectivity index (χ0n) is 6.06. The predicted molar refractivity (Wildman–Crippen MR) is 40.0 cm³/mol. The number of hydrogen-bond donors (Lipinski definition) is 2. The van der Waals surface area contributed by atoms with Crippen molar-refractivity contribution in [3.05, 3.63) is 12.3 Å². The highest BCUT2D eigenvalue weighted by atomic mass is 32.2. The number of rotatable bonds is 1. The van der Waals surface area contributed by atoms with Crippen molar-refractivity contribution < 1.29 is 13.0 Å². The highest BCUT2D eigenvalue weighted by molar-refractivity contribution is 7.83. The molecule has 0 bridgehead atoms. The minimum atomic E-state index is -4.09. The van der Waals surface area contributed by atoms with Crippen molar-refractivity contribution in [2.75, 3.05) is 6.54 Å². The average molecular weight is 178 g/mol. The molecule has 0 radical (unpaired) electrons. The molecule has 0 amide bonds. The van der Waals surface area contributed by atoms with E-state index in [4.69, 9.17) is 4.55 Å². The molecule has 1 unspecified atom stereocenters. The van der Waals surface area contributed by atoms with Gasteiger partial charge in [0.15, 0.2) is 0 Å². The van der Waals surface area contributed by atoms with Gasteiger partial charge in [0.1, 0.15) is 0 Å². The van der Waals surface area contributed by atoms with Crippen molar-refractivity contribution in [1.29, 1.82) is 0 Å². The van der Waals surface area contributed by atoms with Gasteiger partial charge in [0.05, 0.1) is 6.17 Å². The number of hydrogen-bond acceptors (Lipinski definition) is 3. The summed E-state index contributed by atoms with van der Waals surface area (Å²) in [6.45, 7) is 2.27. The zero-order valence-corrected chi connectivity index (χ0v) is 6.87. The van der Waals surface area contributed by atoms with Crippen molar-refractivity contribution in [3.8, 4) is 0 Å². The smallest absolute Gasteiger partial charge is 0.293 e. The van der Waals surface area contributed by atoms with Crippen LogP contribution in [0, 0.1) is 0 Å². The van der Waals surface area contributed by atoms with Gasteiger partial charge in [0.2, 0.25) is 0 Å². The second kappa shape index (κ2) is 2.80. The van der Waals surface area contributed by atoms with Crippen LogP contribution in [0.25, 0.3) is 0 Å².